The lowest BCUT2D eigenvalue weighted by Gasteiger charge is -2.28. The summed E-state index contributed by atoms with van der Waals surface area (Å²) in [5, 5.41) is 12.4. The summed E-state index contributed by atoms with van der Waals surface area (Å²) in [6.07, 6.45) is 3.21. The van der Waals surface area contributed by atoms with Gasteiger partial charge in [-0.2, -0.15) is 5.26 Å². The number of carbonyl (C=O) groups excluding carboxylic acids is 1. The van der Waals surface area contributed by atoms with Gasteiger partial charge in [0.05, 0.1) is 23.6 Å². The fraction of sp³-hybridized carbons (Fsp3) is 0.600. The largest absolute Gasteiger partial charge is 0.331 e. The molecule has 0 radical (unpaired) electrons. The number of hydrogen-bond donors (Lipinski definition) is 1. The van der Waals surface area contributed by atoms with Crippen molar-refractivity contribution >= 4 is 17.7 Å². The maximum atomic E-state index is 12.7. The summed E-state index contributed by atoms with van der Waals surface area (Å²) >= 11 is 1.84. The number of carbonyl (C=O) groups is 1. The predicted molar refractivity (Wildman–Crippen MR) is 106 cm³/mol. The third-order valence-corrected chi connectivity index (χ3v) is 6.22. The molecule has 140 valence electrons. The van der Waals surface area contributed by atoms with Crippen LogP contribution in [0.3, 0.4) is 0 Å². The zero-order valence-corrected chi connectivity index (χ0v) is 16.3. The van der Waals surface area contributed by atoms with Crippen molar-refractivity contribution in [2.24, 2.45) is 0 Å². The Morgan fingerprint density at radius 2 is 2.23 bits per heavy atom. The zero-order valence-electron chi connectivity index (χ0n) is 15.5. The van der Waals surface area contributed by atoms with Gasteiger partial charge in [0.2, 0.25) is 5.91 Å². The summed E-state index contributed by atoms with van der Waals surface area (Å²) in [7, 11) is 0. The van der Waals surface area contributed by atoms with E-state index in [0.29, 0.717) is 11.6 Å². The van der Waals surface area contributed by atoms with Crippen LogP contribution in [0.2, 0.25) is 0 Å². The summed E-state index contributed by atoms with van der Waals surface area (Å²) in [5.74, 6) is 2.17. The van der Waals surface area contributed by atoms with Gasteiger partial charge in [0.15, 0.2) is 0 Å². The van der Waals surface area contributed by atoms with E-state index in [1.165, 1.54) is 5.56 Å². The molecule has 0 saturated carbocycles. The Kier molecular flexibility index (Phi) is 6.95. The van der Waals surface area contributed by atoms with Gasteiger partial charge in [0, 0.05) is 31.4 Å². The molecule has 1 aromatic rings. The van der Waals surface area contributed by atoms with Gasteiger partial charge >= 0.3 is 0 Å². The quantitative estimate of drug-likeness (QED) is 0.797. The van der Waals surface area contributed by atoms with Crippen LogP contribution < -0.4 is 5.32 Å². The third-order valence-electron chi connectivity index (χ3n) is 5.25. The van der Waals surface area contributed by atoms with Crippen LogP contribution in [0, 0.1) is 11.3 Å². The molecule has 3 rings (SSSR count). The molecule has 0 aliphatic carbocycles. The molecule has 0 aromatic heterocycles. The first kappa shape index (κ1) is 19.2. The van der Waals surface area contributed by atoms with Gasteiger partial charge in [-0.15, -0.1) is 11.8 Å². The van der Waals surface area contributed by atoms with Crippen LogP contribution >= 0.6 is 11.8 Å². The number of unbranched alkanes of at least 4 members (excludes halogenated alkanes) is 1. The van der Waals surface area contributed by atoms with Crippen molar-refractivity contribution in [3.05, 3.63) is 35.4 Å². The van der Waals surface area contributed by atoms with Crippen LogP contribution in [0.1, 0.15) is 37.3 Å². The molecule has 2 fully saturated rings. The van der Waals surface area contributed by atoms with E-state index < -0.39 is 0 Å². The molecule has 6 heteroatoms. The Balaban J connectivity index is 1.61. The number of nitriles is 1. The predicted octanol–water partition coefficient (Wildman–Crippen LogP) is 2.42. The van der Waals surface area contributed by atoms with Gasteiger partial charge < -0.3 is 10.2 Å². The first-order valence-electron chi connectivity index (χ1n) is 9.54. The normalized spacial score (nSPS) is 22.7. The van der Waals surface area contributed by atoms with Crippen molar-refractivity contribution in [2.45, 2.75) is 44.8 Å². The molecular formula is C20H28N4OS. The van der Waals surface area contributed by atoms with Crippen LogP contribution in [-0.2, 0) is 11.3 Å². The van der Waals surface area contributed by atoms with Crippen LogP contribution in [0.5, 0.6) is 0 Å². The highest BCUT2D eigenvalue weighted by molar-refractivity contribution is 7.99. The third kappa shape index (κ3) is 4.79. The maximum absolute atomic E-state index is 12.7. The minimum atomic E-state index is -0.0382. The van der Waals surface area contributed by atoms with Crippen molar-refractivity contribution < 1.29 is 4.79 Å². The molecule has 0 spiro atoms. The lowest BCUT2D eigenvalue weighted by Crippen LogP contribution is -2.42. The molecule has 2 aliphatic rings. The Hall–Kier alpha value is -1.55. The molecule has 0 unspecified atom stereocenters. The standard InChI is InChI=1S/C20H28N4OS/c1-2-3-8-23(14-17-6-4-16(12-21)5-7-17)18-11-19(22-13-18)20(25)24-9-10-26-15-24/h4-7,18-19,22H,2-3,8-11,13-15H2,1H3/t18-,19-/m0/s1. The molecular weight excluding hydrogens is 344 g/mol. The summed E-state index contributed by atoms with van der Waals surface area (Å²) < 4.78 is 0. The highest BCUT2D eigenvalue weighted by Gasteiger charge is 2.35. The number of rotatable bonds is 7. The smallest absolute Gasteiger partial charge is 0.240 e. The minimum absolute atomic E-state index is 0.0382. The summed E-state index contributed by atoms with van der Waals surface area (Å²) in [6.45, 7) is 5.89. The SMILES string of the molecule is CCCCN(Cc1ccc(C#N)cc1)[C@@H]1CN[C@H](C(=O)N2CCSC2)C1. The Morgan fingerprint density at radius 3 is 2.88 bits per heavy atom. The maximum Gasteiger partial charge on any atom is 0.240 e. The van der Waals surface area contributed by atoms with Crippen molar-refractivity contribution in [3.8, 4) is 6.07 Å². The highest BCUT2D eigenvalue weighted by atomic mass is 32.2. The van der Waals surface area contributed by atoms with Gasteiger partial charge in [-0.3, -0.25) is 9.69 Å². The van der Waals surface area contributed by atoms with Crippen LogP contribution in [0.25, 0.3) is 0 Å². The second kappa shape index (κ2) is 9.40. The van der Waals surface area contributed by atoms with E-state index in [0.717, 1.165) is 57.1 Å². The summed E-state index contributed by atoms with van der Waals surface area (Å²) in [6, 6.07) is 10.4. The van der Waals surface area contributed by atoms with Gasteiger partial charge in [0.25, 0.3) is 0 Å². The highest BCUT2D eigenvalue weighted by Crippen LogP contribution is 2.21. The van der Waals surface area contributed by atoms with Crippen LogP contribution in [0.4, 0.5) is 0 Å². The first-order chi connectivity index (χ1) is 12.7. The van der Waals surface area contributed by atoms with E-state index in [4.69, 9.17) is 5.26 Å². The van der Waals surface area contributed by atoms with Gasteiger partial charge in [-0.25, -0.2) is 0 Å². The monoisotopic (exact) mass is 372 g/mol. The molecule has 0 bridgehead atoms. The number of nitrogens with one attached hydrogen (secondary N) is 1. The van der Waals surface area contributed by atoms with Crippen molar-refractivity contribution in [1.82, 2.24) is 15.1 Å². The molecule has 1 N–H and O–H groups in total. The molecule has 26 heavy (non-hydrogen) atoms. The van der Waals surface area contributed by atoms with Crippen molar-refractivity contribution in [1.29, 1.82) is 5.26 Å². The molecule has 2 atom stereocenters. The molecule has 1 amide bonds. The van der Waals surface area contributed by atoms with Gasteiger partial charge in [-0.05, 0) is 37.1 Å². The second-order valence-corrected chi connectivity index (χ2v) is 8.20. The number of amides is 1. The summed E-state index contributed by atoms with van der Waals surface area (Å²) in [4.78, 5) is 17.2. The zero-order chi connectivity index (χ0) is 18.4. The fourth-order valence-corrected chi connectivity index (χ4v) is 4.62. The Bertz CT molecular complexity index is 636. The van der Waals surface area contributed by atoms with E-state index in [1.807, 2.05) is 40.9 Å². The molecule has 5 nitrogen and oxygen atoms in total. The minimum Gasteiger partial charge on any atom is -0.331 e. The van der Waals surface area contributed by atoms with Gasteiger partial charge in [-0.1, -0.05) is 25.5 Å². The molecule has 2 aliphatic heterocycles. The van der Waals surface area contributed by atoms with Crippen molar-refractivity contribution in [2.75, 3.05) is 31.3 Å². The van der Waals surface area contributed by atoms with Crippen molar-refractivity contribution in [3.63, 3.8) is 0 Å². The van der Waals surface area contributed by atoms with Gasteiger partial charge in [0.1, 0.15) is 0 Å². The van der Waals surface area contributed by atoms with Crippen LogP contribution in [0.15, 0.2) is 24.3 Å². The van der Waals surface area contributed by atoms with E-state index in [9.17, 15) is 4.79 Å². The topological polar surface area (TPSA) is 59.4 Å². The number of thioether (sulfide) groups is 1. The Morgan fingerprint density at radius 1 is 1.42 bits per heavy atom. The molecule has 2 saturated heterocycles. The second-order valence-electron chi connectivity index (χ2n) is 7.12. The summed E-state index contributed by atoms with van der Waals surface area (Å²) in [5.41, 5.74) is 1.93. The number of nitrogens with zero attached hydrogens (tertiary/aromatic N) is 3. The van der Waals surface area contributed by atoms with E-state index >= 15 is 0 Å². The van der Waals surface area contributed by atoms with E-state index in [-0.39, 0.29) is 11.9 Å². The Labute approximate surface area is 160 Å². The molecule has 2 heterocycles. The number of hydrogen-bond acceptors (Lipinski definition) is 5. The van der Waals surface area contributed by atoms with E-state index in [2.05, 4.69) is 23.2 Å². The van der Waals surface area contributed by atoms with Crippen LogP contribution in [-0.4, -0.2) is 59.1 Å². The van der Waals surface area contributed by atoms with E-state index in [1.54, 1.807) is 0 Å². The average Bonchev–Trinajstić information content (AvgIpc) is 3.37. The average molecular weight is 373 g/mol. The lowest BCUT2D eigenvalue weighted by atomic mass is 10.1. The fourth-order valence-electron chi connectivity index (χ4n) is 3.66. The first-order valence-corrected chi connectivity index (χ1v) is 10.7. The lowest BCUT2D eigenvalue weighted by molar-refractivity contribution is -0.131. The number of benzene rings is 1. The molecule has 1 aromatic carbocycles.